The lowest BCUT2D eigenvalue weighted by Gasteiger charge is -2.30. The number of carbonyl (C=O) groups excluding carboxylic acids is 1. The van der Waals surface area contributed by atoms with Crippen molar-refractivity contribution < 1.29 is 24.2 Å². The molecule has 1 heterocycles. The third kappa shape index (κ3) is 2.12. The summed E-state index contributed by atoms with van der Waals surface area (Å²) in [6.07, 6.45) is 3.59. The van der Waals surface area contributed by atoms with Gasteiger partial charge < -0.3 is 14.6 Å². The van der Waals surface area contributed by atoms with Crippen LogP contribution in [0.25, 0.3) is 0 Å². The van der Waals surface area contributed by atoms with Crippen molar-refractivity contribution in [2.75, 3.05) is 13.2 Å². The number of benzene rings is 1. The van der Waals surface area contributed by atoms with E-state index in [1.54, 1.807) is 6.07 Å². The summed E-state index contributed by atoms with van der Waals surface area (Å²) >= 11 is 3.35. The largest absolute Gasteiger partial charge is 0.486 e. The molecular formula is C15H15BrO5. The lowest BCUT2D eigenvalue weighted by molar-refractivity contribution is -0.143. The maximum atomic E-state index is 11.9. The number of fused-ring (bicyclic) bond motifs is 1. The van der Waals surface area contributed by atoms with Crippen LogP contribution in [0.5, 0.6) is 11.5 Å². The van der Waals surface area contributed by atoms with Gasteiger partial charge in [0.05, 0.1) is 11.0 Å². The van der Waals surface area contributed by atoms with Crippen LogP contribution >= 0.6 is 15.9 Å². The van der Waals surface area contributed by atoms with E-state index in [-0.39, 0.29) is 0 Å². The molecule has 5 nitrogen and oxygen atoms in total. The lowest BCUT2D eigenvalue weighted by atomic mass is 9.78. The van der Waals surface area contributed by atoms with Crippen LogP contribution in [0.3, 0.4) is 0 Å². The van der Waals surface area contributed by atoms with E-state index in [1.165, 1.54) is 0 Å². The Morgan fingerprint density at radius 3 is 2.43 bits per heavy atom. The minimum Gasteiger partial charge on any atom is -0.486 e. The Labute approximate surface area is 130 Å². The topological polar surface area (TPSA) is 72.8 Å². The Morgan fingerprint density at radius 2 is 1.86 bits per heavy atom. The molecule has 1 aromatic carbocycles. The minimum atomic E-state index is -0.950. The molecule has 2 aliphatic rings. The molecule has 1 aliphatic heterocycles. The van der Waals surface area contributed by atoms with Crippen molar-refractivity contribution in [2.45, 2.75) is 31.1 Å². The van der Waals surface area contributed by atoms with Crippen LogP contribution in [0.2, 0.25) is 0 Å². The summed E-state index contributed by atoms with van der Waals surface area (Å²) in [5, 5.41) is 9.75. The average molecular weight is 355 g/mol. The standard InChI is InChI=1S/C15H15BrO5/c16-11-7-10(15(14(18)19)3-1-2-4-15)13-12(9(11)8-17)20-5-6-21-13/h7-8H,1-6H2,(H,18,19). The molecule has 6 heteroatoms. The zero-order chi connectivity index (χ0) is 15.0. The molecule has 0 aromatic heterocycles. The molecule has 21 heavy (non-hydrogen) atoms. The molecule has 0 amide bonds. The van der Waals surface area contributed by atoms with Gasteiger partial charge in [0.2, 0.25) is 0 Å². The predicted molar refractivity (Wildman–Crippen MR) is 78.3 cm³/mol. The first-order valence-corrected chi connectivity index (χ1v) is 7.70. The molecule has 1 aromatic rings. The summed E-state index contributed by atoms with van der Waals surface area (Å²) in [5.74, 6) is -0.0777. The van der Waals surface area contributed by atoms with Crippen molar-refractivity contribution in [1.82, 2.24) is 0 Å². The highest BCUT2D eigenvalue weighted by Gasteiger charge is 2.46. The first-order chi connectivity index (χ1) is 10.1. The van der Waals surface area contributed by atoms with Gasteiger partial charge in [-0.25, -0.2) is 0 Å². The smallest absolute Gasteiger partial charge is 0.314 e. The molecule has 0 unspecified atom stereocenters. The summed E-state index contributed by atoms with van der Waals surface area (Å²) in [7, 11) is 0. The van der Waals surface area contributed by atoms with Gasteiger partial charge in [-0.1, -0.05) is 12.8 Å². The first kappa shape index (κ1) is 14.4. The van der Waals surface area contributed by atoms with Gasteiger partial charge in [-0.2, -0.15) is 0 Å². The molecule has 3 rings (SSSR count). The Bertz CT molecular complexity index is 605. The van der Waals surface area contributed by atoms with Crippen LogP contribution in [-0.2, 0) is 10.2 Å². The van der Waals surface area contributed by atoms with Crippen LogP contribution in [0.4, 0.5) is 0 Å². The third-order valence-electron chi connectivity index (χ3n) is 4.30. The van der Waals surface area contributed by atoms with E-state index in [4.69, 9.17) is 9.47 Å². The zero-order valence-electron chi connectivity index (χ0n) is 11.4. The summed E-state index contributed by atoms with van der Waals surface area (Å²) in [5.41, 5.74) is 0.0287. The second kappa shape index (κ2) is 5.33. The molecule has 0 bridgehead atoms. The molecular weight excluding hydrogens is 340 g/mol. The minimum absolute atomic E-state index is 0.351. The number of halogens is 1. The highest BCUT2D eigenvalue weighted by molar-refractivity contribution is 9.10. The third-order valence-corrected chi connectivity index (χ3v) is 4.96. The number of hydrogen-bond donors (Lipinski definition) is 1. The zero-order valence-corrected chi connectivity index (χ0v) is 12.9. The fourth-order valence-corrected chi connectivity index (χ4v) is 3.74. The van der Waals surface area contributed by atoms with Gasteiger partial charge in [-0.05, 0) is 34.8 Å². The van der Waals surface area contributed by atoms with E-state index in [2.05, 4.69) is 15.9 Å². The van der Waals surface area contributed by atoms with E-state index in [0.29, 0.717) is 59.4 Å². The fraction of sp³-hybridized carbons (Fsp3) is 0.467. The molecule has 112 valence electrons. The van der Waals surface area contributed by atoms with Crippen molar-refractivity contribution in [1.29, 1.82) is 0 Å². The molecule has 1 saturated carbocycles. The predicted octanol–water partition coefficient (Wildman–Crippen LogP) is 2.93. The van der Waals surface area contributed by atoms with E-state index < -0.39 is 11.4 Å². The van der Waals surface area contributed by atoms with Crippen molar-refractivity contribution in [3.8, 4) is 11.5 Å². The van der Waals surface area contributed by atoms with Gasteiger partial charge in [0.15, 0.2) is 17.8 Å². The van der Waals surface area contributed by atoms with Crippen LogP contribution in [0.15, 0.2) is 10.5 Å². The molecule has 0 radical (unpaired) electrons. The van der Waals surface area contributed by atoms with Gasteiger partial charge in [0.25, 0.3) is 0 Å². The number of ether oxygens (including phenoxy) is 2. The van der Waals surface area contributed by atoms with E-state index in [9.17, 15) is 14.7 Å². The van der Waals surface area contributed by atoms with Crippen LogP contribution < -0.4 is 9.47 Å². The van der Waals surface area contributed by atoms with Gasteiger partial charge in [-0.15, -0.1) is 0 Å². The highest BCUT2D eigenvalue weighted by atomic mass is 79.9. The summed E-state index contributed by atoms with van der Waals surface area (Å²) in [6, 6.07) is 1.71. The number of aldehydes is 1. The second-order valence-electron chi connectivity index (χ2n) is 5.39. The average Bonchev–Trinajstić information content (AvgIpc) is 2.97. The quantitative estimate of drug-likeness (QED) is 0.844. The second-order valence-corrected chi connectivity index (χ2v) is 6.24. The molecule has 0 spiro atoms. The highest BCUT2D eigenvalue weighted by Crippen LogP contribution is 2.51. The van der Waals surface area contributed by atoms with Crippen LogP contribution in [-0.4, -0.2) is 30.6 Å². The maximum Gasteiger partial charge on any atom is 0.314 e. The molecule has 1 fully saturated rings. The molecule has 1 aliphatic carbocycles. The molecule has 0 atom stereocenters. The van der Waals surface area contributed by atoms with E-state index in [0.717, 1.165) is 12.8 Å². The van der Waals surface area contributed by atoms with Crippen molar-refractivity contribution in [2.24, 2.45) is 0 Å². The van der Waals surface area contributed by atoms with E-state index >= 15 is 0 Å². The van der Waals surface area contributed by atoms with Gasteiger partial charge in [0.1, 0.15) is 13.2 Å². The van der Waals surface area contributed by atoms with Gasteiger partial charge in [-0.3, -0.25) is 9.59 Å². The van der Waals surface area contributed by atoms with Crippen molar-refractivity contribution in [3.63, 3.8) is 0 Å². The first-order valence-electron chi connectivity index (χ1n) is 6.91. The molecule has 1 N–H and O–H groups in total. The Morgan fingerprint density at radius 1 is 1.24 bits per heavy atom. The monoisotopic (exact) mass is 354 g/mol. The Balaban J connectivity index is 2.25. The normalized spacial score (nSPS) is 19.3. The number of aliphatic carboxylic acids is 1. The maximum absolute atomic E-state index is 11.9. The Kier molecular flexibility index (Phi) is 3.65. The number of hydrogen-bond acceptors (Lipinski definition) is 4. The van der Waals surface area contributed by atoms with Crippen molar-refractivity contribution >= 4 is 28.2 Å². The summed E-state index contributed by atoms with van der Waals surface area (Å²) < 4.78 is 11.8. The van der Waals surface area contributed by atoms with Crippen LogP contribution in [0, 0.1) is 0 Å². The van der Waals surface area contributed by atoms with Gasteiger partial charge in [0, 0.05) is 10.0 Å². The number of rotatable bonds is 3. The van der Waals surface area contributed by atoms with Gasteiger partial charge >= 0.3 is 5.97 Å². The Hall–Kier alpha value is -1.56. The number of carboxylic acids is 1. The number of carbonyl (C=O) groups is 2. The number of carboxylic acid groups (broad SMARTS) is 1. The fourth-order valence-electron chi connectivity index (χ4n) is 3.24. The summed E-state index contributed by atoms with van der Waals surface area (Å²) in [6.45, 7) is 0.708. The summed E-state index contributed by atoms with van der Waals surface area (Å²) in [4.78, 5) is 23.2. The SMILES string of the molecule is O=Cc1c(Br)cc(C2(C(=O)O)CCCC2)c2c1OCCO2. The molecule has 0 saturated heterocycles. The lowest BCUT2D eigenvalue weighted by Crippen LogP contribution is -2.34. The van der Waals surface area contributed by atoms with E-state index in [1.807, 2.05) is 0 Å². The van der Waals surface area contributed by atoms with Crippen LogP contribution in [0.1, 0.15) is 41.6 Å². The van der Waals surface area contributed by atoms with Crippen molar-refractivity contribution in [3.05, 3.63) is 21.7 Å².